The average Bonchev–Trinajstić information content (AvgIpc) is 2.76. The second-order valence-electron chi connectivity index (χ2n) is 3.68. The number of aromatic nitrogens is 1. The molecule has 1 heterocycles. The molecule has 0 unspecified atom stereocenters. The zero-order chi connectivity index (χ0) is 11.6. The second kappa shape index (κ2) is 8.44. The molecular formula is C12H20N2OS. The first-order chi connectivity index (χ1) is 7.83. The van der Waals surface area contributed by atoms with E-state index in [9.17, 15) is 0 Å². The van der Waals surface area contributed by atoms with Crippen LogP contribution in [0.1, 0.15) is 18.4 Å². The van der Waals surface area contributed by atoms with Crippen molar-refractivity contribution in [1.29, 1.82) is 0 Å². The molecule has 1 aromatic heterocycles. The van der Waals surface area contributed by atoms with Crippen molar-refractivity contribution >= 4 is 11.3 Å². The van der Waals surface area contributed by atoms with E-state index in [1.54, 1.807) is 18.4 Å². The van der Waals surface area contributed by atoms with E-state index in [2.05, 4.69) is 23.3 Å². The molecule has 0 aromatic carbocycles. The zero-order valence-corrected chi connectivity index (χ0v) is 10.8. The SMILES string of the molecule is COCCNCCC=C(C)Cc1nccs1. The van der Waals surface area contributed by atoms with Crippen molar-refractivity contribution in [3.63, 3.8) is 0 Å². The van der Waals surface area contributed by atoms with E-state index >= 15 is 0 Å². The van der Waals surface area contributed by atoms with Crippen molar-refractivity contribution in [2.45, 2.75) is 19.8 Å². The third kappa shape index (κ3) is 6.00. The lowest BCUT2D eigenvalue weighted by atomic mass is 10.2. The van der Waals surface area contributed by atoms with Gasteiger partial charge in [-0.25, -0.2) is 4.98 Å². The van der Waals surface area contributed by atoms with Gasteiger partial charge in [-0.1, -0.05) is 11.6 Å². The van der Waals surface area contributed by atoms with E-state index in [4.69, 9.17) is 4.74 Å². The molecule has 0 aliphatic heterocycles. The highest BCUT2D eigenvalue weighted by Crippen LogP contribution is 2.10. The van der Waals surface area contributed by atoms with Crippen LogP contribution in [0, 0.1) is 0 Å². The Balaban J connectivity index is 2.09. The van der Waals surface area contributed by atoms with Crippen molar-refractivity contribution in [2.24, 2.45) is 0 Å². The zero-order valence-electron chi connectivity index (χ0n) is 10.0. The second-order valence-corrected chi connectivity index (χ2v) is 4.66. The highest BCUT2D eigenvalue weighted by molar-refractivity contribution is 7.09. The Morgan fingerprint density at radius 3 is 3.12 bits per heavy atom. The highest BCUT2D eigenvalue weighted by atomic mass is 32.1. The Morgan fingerprint density at radius 1 is 1.56 bits per heavy atom. The monoisotopic (exact) mass is 240 g/mol. The predicted octanol–water partition coefficient (Wildman–Crippen LogP) is 2.26. The van der Waals surface area contributed by atoms with Crippen molar-refractivity contribution in [3.05, 3.63) is 28.2 Å². The van der Waals surface area contributed by atoms with E-state index in [-0.39, 0.29) is 0 Å². The molecule has 0 spiro atoms. The Labute approximate surface area is 102 Å². The number of thiazole rings is 1. The van der Waals surface area contributed by atoms with Crippen LogP contribution in [0.25, 0.3) is 0 Å². The molecule has 1 rings (SSSR count). The molecule has 0 radical (unpaired) electrons. The maximum atomic E-state index is 4.95. The molecule has 0 aliphatic carbocycles. The smallest absolute Gasteiger partial charge is 0.0965 e. The first kappa shape index (κ1) is 13.4. The molecule has 1 N–H and O–H groups in total. The van der Waals surface area contributed by atoms with Crippen molar-refractivity contribution in [2.75, 3.05) is 26.8 Å². The summed E-state index contributed by atoms with van der Waals surface area (Å²) < 4.78 is 4.95. The fraction of sp³-hybridized carbons (Fsp3) is 0.583. The Kier molecular flexibility index (Phi) is 7.05. The van der Waals surface area contributed by atoms with Gasteiger partial charge < -0.3 is 10.1 Å². The maximum absolute atomic E-state index is 4.95. The van der Waals surface area contributed by atoms with Gasteiger partial charge in [0.05, 0.1) is 11.6 Å². The summed E-state index contributed by atoms with van der Waals surface area (Å²) in [6.07, 6.45) is 6.19. The van der Waals surface area contributed by atoms with E-state index in [0.29, 0.717) is 0 Å². The first-order valence-electron chi connectivity index (χ1n) is 5.56. The van der Waals surface area contributed by atoms with Gasteiger partial charge in [0.1, 0.15) is 0 Å². The van der Waals surface area contributed by atoms with E-state index < -0.39 is 0 Å². The van der Waals surface area contributed by atoms with Gasteiger partial charge in [-0.2, -0.15) is 0 Å². The molecule has 0 saturated carbocycles. The van der Waals surface area contributed by atoms with Gasteiger partial charge in [0.2, 0.25) is 0 Å². The molecule has 0 aliphatic rings. The minimum Gasteiger partial charge on any atom is -0.383 e. The number of ether oxygens (including phenoxy) is 1. The minimum absolute atomic E-state index is 0.780. The van der Waals surface area contributed by atoms with Crippen LogP contribution in [-0.2, 0) is 11.2 Å². The van der Waals surface area contributed by atoms with Crippen molar-refractivity contribution in [1.82, 2.24) is 10.3 Å². The lowest BCUT2D eigenvalue weighted by Crippen LogP contribution is -2.19. The van der Waals surface area contributed by atoms with Crippen LogP contribution >= 0.6 is 11.3 Å². The highest BCUT2D eigenvalue weighted by Gasteiger charge is 1.96. The van der Waals surface area contributed by atoms with Crippen LogP contribution in [0.2, 0.25) is 0 Å². The molecule has 4 heteroatoms. The van der Waals surface area contributed by atoms with Crippen LogP contribution in [0.3, 0.4) is 0 Å². The largest absolute Gasteiger partial charge is 0.383 e. The summed E-state index contributed by atoms with van der Waals surface area (Å²) in [5, 5.41) is 6.54. The summed E-state index contributed by atoms with van der Waals surface area (Å²) in [4.78, 5) is 4.27. The quantitative estimate of drug-likeness (QED) is 0.559. The van der Waals surface area contributed by atoms with Gasteiger partial charge in [-0.15, -0.1) is 11.3 Å². The normalized spacial score (nSPS) is 12.0. The predicted molar refractivity (Wildman–Crippen MR) is 68.9 cm³/mol. The summed E-state index contributed by atoms with van der Waals surface area (Å²) in [6.45, 7) is 4.88. The maximum Gasteiger partial charge on any atom is 0.0965 e. The first-order valence-corrected chi connectivity index (χ1v) is 6.44. The minimum atomic E-state index is 0.780. The molecule has 0 atom stereocenters. The Morgan fingerprint density at radius 2 is 2.44 bits per heavy atom. The third-order valence-electron chi connectivity index (χ3n) is 2.21. The summed E-state index contributed by atoms with van der Waals surface area (Å²) in [7, 11) is 1.72. The van der Waals surface area contributed by atoms with E-state index in [1.807, 2.05) is 11.6 Å². The van der Waals surface area contributed by atoms with Crippen LogP contribution in [-0.4, -0.2) is 31.8 Å². The van der Waals surface area contributed by atoms with Crippen LogP contribution in [0.5, 0.6) is 0 Å². The summed E-state index contributed by atoms with van der Waals surface area (Å²) in [5.41, 5.74) is 1.39. The fourth-order valence-electron chi connectivity index (χ4n) is 1.37. The van der Waals surface area contributed by atoms with Crippen LogP contribution < -0.4 is 5.32 Å². The lowest BCUT2D eigenvalue weighted by Gasteiger charge is -2.02. The summed E-state index contributed by atoms with van der Waals surface area (Å²) in [5.74, 6) is 0. The number of nitrogens with one attached hydrogen (secondary N) is 1. The lowest BCUT2D eigenvalue weighted by molar-refractivity contribution is 0.199. The van der Waals surface area contributed by atoms with Gasteiger partial charge >= 0.3 is 0 Å². The number of methoxy groups -OCH3 is 1. The topological polar surface area (TPSA) is 34.1 Å². The number of hydrogen-bond acceptors (Lipinski definition) is 4. The van der Waals surface area contributed by atoms with Gasteiger partial charge in [-0.05, 0) is 19.9 Å². The number of nitrogens with zero attached hydrogens (tertiary/aromatic N) is 1. The van der Waals surface area contributed by atoms with Gasteiger partial charge in [0.15, 0.2) is 0 Å². The van der Waals surface area contributed by atoms with Crippen LogP contribution in [0.4, 0.5) is 0 Å². The van der Waals surface area contributed by atoms with Gasteiger partial charge in [0, 0.05) is 31.7 Å². The van der Waals surface area contributed by atoms with Gasteiger partial charge in [-0.3, -0.25) is 0 Å². The molecule has 16 heavy (non-hydrogen) atoms. The van der Waals surface area contributed by atoms with Crippen molar-refractivity contribution < 1.29 is 4.74 Å². The molecule has 0 saturated heterocycles. The molecule has 0 bridgehead atoms. The van der Waals surface area contributed by atoms with Crippen molar-refractivity contribution in [3.8, 4) is 0 Å². The Bertz CT molecular complexity index is 296. The number of allylic oxidation sites excluding steroid dienone is 1. The molecule has 90 valence electrons. The average molecular weight is 240 g/mol. The molecule has 0 fully saturated rings. The van der Waals surface area contributed by atoms with E-state index in [1.165, 1.54) is 10.6 Å². The van der Waals surface area contributed by atoms with E-state index in [0.717, 1.165) is 32.5 Å². The molecule has 0 amide bonds. The fourth-order valence-corrected chi connectivity index (χ4v) is 2.08. The number of hydrogen-bond donors (Lipinski definition) is 1. The molecule has 1 aromatic rings. The number of rotatable bonds is 8. The van der Waals surface area contributed by atoms with Crippen LogP contribution in [0.15, 0.2) is 23.2 Å². The summed E-state index contributed by atoms with van der Waals surface area (Å²) >= 11 is 1.72. The van der Waals surface area contributed by atoms with Gasteiger partial charge in [0.25, 0.3) is 0 Å². The summed E-state index contributed by atoms with van der Waals surface area (Å²) in [6, 6.07) is 0. The third-order valence-corrected chi connectivity index (χ3v) is 2.99. The standard InChI is InChI=1S/C12H20N2OS/c1-11(10-12-14-7-9-16-12)4-3-5-13-6-8-15-2/h4,7,9,13H,3,5-6,8,10H2,1-2H3. The molecule has 3 nitrogen and oxygen atoms in total. The molecular weight excluding hydrogens is 220 g/mol. The Hall–Kier alpha value is -0.710.